The third-order valence-corrected chi connectivity index (χ3v) is 7.20. The number of aromatic nitrogens is 1. The number of carbonyl (C=O) groups is 1. The second kappa shape index (κ2) is 14.5. The van der Waals surface area contributed by atoms with E-state index in [1.54, 1.807) is 12.4 Å². The van der Waals surface area contributed by atoms with Gasteiger partial charge in [-0.3, -0.25) is 14.8 Å². The van der Waals surface area contributed by atoms with Crippen LogP contribution in [-0.2, 0) is 15.3 Å². The summed E-state index contributed by atoms with van der Waals surface area (Å²) in [4.78, 5) is 20.4. The number of pyridine rings is 1. The number of anilines is 1. The molecular weight excluding hydrogens is 470 g/mol. The van der Waals surface area contributed by atoms with E-state index < -0.39 is 28.1 Å². The van der Waals surface area contributed by atoms with Crippen LogP contribution in [0.1, 0.15) is 65.7 Å². The lowest BCUT2D eigenvalue weighted by atomic mass is 9.77. The Morgan fingerprint density at radius 1 is 1.17 bits per heavy atom. The van der Waals surface area contributed by atoms with Gasteiger partial charge in [0.2, 0.25) is 0 Å². The molecule has 11 heteroatoms. The molecule has 10 nitrogen and oxygen atoms in total. The summed E-state index contributed by atoms with van der Waals surface area (Å²) < 4.78 is 25.1. The van der Waals surface area contributed by atoms with Gasteiger partial charge in [-0.25, -0.2) is 4.79 Å². The third-order valence-electron chi connectivity index (χ3n) is 6.82. The van der Waals surface area contributed by atoms with E-state index in [0.29, 0.717) is 12.8 Å². The first kappa shape index (κ1) is 29.2. The molecule has 2 heterocycles. The molecule has 2 aliphatic rings. The molecule has 0 aromatic carbocycles. The van der Waals surface area contributed by atoms with Gasteiger partial charge in [0.25, 0.3) is 0 Å². The minimum Gasteiger partial charge on any atom is -0.480 e. The summed E-state index contributed by atoms with van der Waals surface area (Å²) in [6.45, 7) is 10.1. The van der Waals surface area contributed by atoms with Gasteiger partial charge in [-0.05, 0) is 50.8 Å². The van der Waals surface area contributed by atoms with E-state index in [1.165, 1.54) is 12.8 Å². The number of aliphatic carboxylic acids is 1. The number of nitrogens with zero attached hydrogens (tertiary/aromatic N) is 4. The summed E-state index contributed by atoms with van der Waals surface area (Å²) in [6, 6.07) is 2.44. The minimum atomic E-state index is -2.88. The standard InChI is InChI=1S/C20H31N5O5S.C4H10/c1-2-11-24-12-13-25(14-17(24)22-15-5-9-21-10-6-15)16-3-7-20(28,8-4-16)18(19(26)27)23-31(29)30;1-3-4-2/h5-6,9-10,16-18,28H,2-4,7-8,11-14H2,1H3,(H,21,22)(H,26,27);3-4H2,1-2H3. The first-order chi connectivity index (χ1) is 16.7. The molecule has 1 saturated carbocycles. The van der Waals surface area contributed by atoms with E-state index in [4.69, 9.17) is 0 Å². The van der Waals surface area contributed by atoms with Crippen LogP contribution < -0.4 is 5.32 Å². The quantitative estimate of drug-likeness (QED) is 0.457. The van der Waals surface area contributed by atoms with Gasteiger partial charge in [0, 0.05) is 43.8 Å². The zero-order valence-corrected chi connectivity index (χ0v) is 22.0. The topological polar surface area (TPSA) is 135 Å². The van der Waals surface area contributed by atoms with Crippen molar-refractivity contribution in [2.75, 3.05) is 31.5 Å². The lowest BCUT2D eigenvalue weighted by molar-refractivity contribution is -0.147. The van der Waals surface area contributed by atoms with Crippen molar-refractivity contribution in [1.82, 2.24) is 14.8 Å². The molecule has 0 spiro atoms. The van der Waals surface area contributed by atoms with Gasteiger partial charge in [0.1, 0.15) is 0 Å². The number of carboxylic acid groups (broad SMARTS) is 1. The fraction of sp³-hybridized carbons (Fsp3) is 0.750. The molecular formula is C24H41N5O5S. The van der Waals surface area contributed by atoms with Crippen molar-refractivity contribution in [2.45, 2.75) is 89.6 Å². The third kappa shape index (κ3) is 8.82. The van der Waals surface area contributed by atoms with Crippen molar-refractivity contribution in [2.24, 2.45) is 4.36 Å². The van der Waals surface area contributed by atoms with Crippen LogP contribution in [-0.4, -0.2) is 89.4 Å². The summed E-state index contributed by atoms with van der Waals surface area (Å²) in [5.74, 6) is -1.42. The second-order valence-electron chi connectivity index (χ2n) is 9.32. The van der Waals surface area contributed by atoms with Crippen LogP contribution in [0.5, 0.6) is 0 Å². The first-order valence-corrected chi connectivity index (χ1v) is 13.7. The largest absolute Gasteiger partial charge is 0.480 e. The average molecular weight is 512 g/mol. The highest BCUT2D eigenvalue weighted by molar-refractivity contribution is 7.61. The predicted molar refractivity (Wildman–Crippen MR) is 136 cm³/mol. The Morgan fingerprint density at radius 2 is 1.80 bits per heavy atom. The molecule has 1 aromatic heterocycles. The normalized spacial score (nSPS) is 26.2. The summed E-state index contributed by atoms with van der Waals surface area (Å²) in [5.41, 5.74) is -0.626. The van der Waals surface area contributed by atoms with Gasteiger partial charge in [-0.2, -0.15) is 12.8 Å². The van der Waals surface area contributed by atoms with Crippen molar-refractivity contribution in [3.8, 4) is 0 Å². The summed E-state index contributed by atoms with van der Waals surface area (Å²) in [5, 5.41) is 23.8. The smallest absolute Gasteiger partial charge is 0.332 e. The Bertz CT molecular complexity index is 896. The molecule has 0 amide bonds. The maximum Gasteiger partial charge on any atom is 0.332 e. The maximum atomic E-state index is 11.5. The fourth-order valence-electron chi connectivity index (χ4n) is 4.71. The highest BCUT2D eigenvalue weighted by Gasteiger charge is 2.46. The molecule has 1 aliphatic heterocycles. The number of nitrogens with one attached hydrogen (secondary N) is 1. The molecule has 35 heavy (non-hydrogen) atoms. The highest BCUT2D eigenvalue weighted by atomic mass is 32.2. The number of unbranched alkanes of at least 4 members (excludes halogenated alkanes) is 1. The monoisotopic (exact) mass is 511 g/mol. The van der Waals surface area contributed by atoms with Crippen molar-refractivity contribution < 1.29 is 23.4 Å². The molecule has 2 atom stereocenters. The Balaban J connectivity index is 0.00000100. The maximum absolute atomic E-state index is 11.5. The Kier molecular flexibility index (Phi) is 12.1. The van der Waals surface area contributed by atoms with Crippen LogP contribution in [0.2, 0.25) is 0 Å². The zero-order chi connectivity index (χ0) is 25.8. The lowest BCUT2D eigenvalue weighted by Gasteiger charge is -2.47. The van der Waals surface area contributed by atoms with E-state index in [2.05, 4.69) is 45.2 Å². The Hall–Kier alpha value is -2.08. The van der Waals surface area contributed by atoms with Crippen LogP contribution in [0.4, 0.5) is 5.69 Å². The number of carboxylic acids is 1. The van der Waals surface area contributed by atoms with Gasteiger partial charge in [-0.15, -0.1) is 0 Å². The summed E-state index contributed by atoms with van der Waals surface area (Å²) in [6.07, 6.45) is 8.95. The van der Waals surface area contributed by atoms with Gasteiger partial charge in [0.05, 0.1) is 11.8 Å². The van der Waals surface area contributed by atoms with Crippen LogP contribution in [0, 0.1) is 0 Å². The Morgan fingerprint density at radius 3 is 2.31 bits per heavy atom. The average Bonchev–Trinajstić information content (AvgIpc) is 2.85. The molecule has 0 bridgehead atoms. The lowest BCUT2D eigenvalue weighted by Crippen LogP contribution is -2.60. The molecule has 3 rings (SSSR count). The number of aliphatic hydroxyl groups is 1. The molecule has 2 unspecified atom stereocenters. The molecule has 3 N–H and O–H groups in total. The van der Waals surface area contributed by atoms with E-state index in [9.17, 15) is 23.4 Å². The SMILES string of the molecule is CCCC.CCCN1CCN(C2CCC(O)(C(N=S(=O)=O)C(=O)O)CC2)CC1Nc1ccncc1. The van der Waals surface area contributed by atoms with Crippen LogP contribution in [0.25, 0.3) is 0 Å². The van der Waals surface area contributed by atoms with Gasteiger partial charge in [-0.1, -0.05) is 33.6 Å². The number of piperazine rings is 1. The highest BCUT2D eigenvalue weighted by Crippen LogP contribution is 2.35. The predicted octanol–water partition coefficient (Wildman–Crippen LogP) is 2.84. The second-order valence-corrected chi connectivity index (χ2v) is 9.97. The Labute approximate surface area is 210 Å². The number of rotatable bonds is 9. The van der Waals surface area contributed by atoms with E-state index >= 15 is 0 Å². The molecule has 0 radical (unpaired) electrons. The summed E-state index contributed by atoms with van der Waals surface area (Å²) >= 11 is 0. The molecule has 1 aromatic rings. The summed E-state index contributed by atoms with van der Waals surface area (Å²) in [7, 11) is -2.88. The fourth-order valence-corrected chi connectivity index (χ4v) is 5.16. The molecule has 1 saturated heterocycles. The van der Waals surface area contributed by atoms with Crippen LogP contribution >= 0.6 is 0 Å². The van der Waals surface area contributed by atoms with Gasteiger partial charge in [0.15, 0.2) is 6.04 Å². The van der Waals surface area contributed by atoms with Crippen LogP contribution in [0.15, 0.2) is 28.9 Å². The van der Waals surface area contributed by atoms with Crippen molar-refractivity contribution in [3.05, 3.63) is 24.5 Å². The van der Waals surface area contributed by atoms with E-state index in [-0.39, 0.29) is 25.0 Å². The minimum absolute atomic E-state index is 0.140. The number of hydrogen-bond donors (Lipinski definition) is 3. The van der Waals surface area contributed by atoms with Gasteiger partial charge >= 0.3 is 16.5 Å². The van der Waals surface area contributed by atoms with Crippen molar-refractivity contribution in [3.63, 3.8) is 0 Å². The zero-order valence-electron chi connectivity index (χ0n) is 21.1. The van der Waals surface area contributed by atoms with Gasteiger partial charge < -0.3 is 15.5 Å². The van der Waals surface area contributed by atoms with E-state index in [1.807, 2.05) is 12.1 Å². The van der Waals surface area contributed by atoms with Crippen molar-refractivity contribution >= 4 is 22.2 Å². The molecule has 2 fully saturated rings. The molecule has 1 aliphatic carbocycles. The van der Waals surface area contributed by atoms with Crippen molar-refractivity contribution in [1.29, 1.82) is 0 Å². The number of hydrogen-bond acceptors (Lipinski definition) is 9. The molecule has 198 valence electrons. The first-order valence-electron chi connectivity index (χ1n) is 12.6. The van der Waals surface area contributed by atoms with E-state index in [0.717, 1.165) is 38.3 Å². The van der Waals surface area contributed by atoms with Crippen LogP contribution in [0.3, 0.4) is 0 Å².